The average molecular weight is 329 g/mol. The summed E-state index contributed by atoms with van der Waals surface area (Å²) in [4.78, 5) is 23.5. The van der Waals surface area contributed by atoms with Crippen LogP contribution in [0.25, 0.3) is 0 Å². The van der Waals surface area contributed by atoms with Crippen molar-refractivity contribution in [3.63, 3.8) is 0 Å². The van der Waals surface area contributed by atoms with Crippen LogP contribution in [0.4, 0.5) is 5.69 Å². The molecule has 118 valence electrons. The van der Waals surface area contributed by atoms with E-state index < -0.39 is 0 Å². The second-order valence-electron chi connectivity index (χ2n) is 5.02. The van der Waals surface area contributed by atoms with Gasteiger partial charge in [0.1, 0.15) is 0 Å². The van der Waals surface area contributed by atoms with Gasteiger partial charge in [-0.25, -0.2) is 0 Å². The van der Waals surface area contributed by atoms with Gasteiger partial charge in [0.15, 0.2) is 0 Å². The molecule has 4 nitrogen and oxygen atoms in total. The molecule has 2 rings (SSSR count). The zero-order valence-electron chi connectivity index (χ0n) is 12.7. The van der Waals surface area contributed by atoms with Gasteiger partial charge in [0.25, 0.3) is 5.91 Å². The number of hydrogen-bond acceptors (Lipinski definition) is 2. The van der Waals surface area contributed by atoms with Crippen LogP contribution in [0.2, 0.25) is 5.02 Å². The minimum absolute atomic E-state index is 0.139. The van der Waals surface area contributed by atoms with Gasteiger partial charge in [-0.15, -0.1) is 0 Å². The molecule has 2 aromatic carbocycles. The normalized spacial score (nSPS) is 11.4. The standard InChI is InChI=1S/C18H17ClN2O2/c1-3-17(22)21-16-10-6-14(7-11-16)18(23)20-12(2)13-4-8-15(19)9-5-13/h3-12H,1H2,2H3,(H,20,23)(H,21,22)/t12-/m0/s1. The van der Waals surface area contributed by atoms with Gasteiger partial charge in [0.05, 0.1) is 6.04 Å². The number of carbonyl (C=O) groups excluding carboxylic acids is 2. The third-order valence-corrected chi connectivity index (χ3v) is 3.57. The first-order valence-electron chi connectivity index (χ1n) is 7.09. The van der Waals surface area contributed by atoms with E-state index in [0.29, 0.717) is 16.3 Å². The van der Waals surface area contributed by atoms with Crippen molar-refractivity contribution in [2.24, 2.45) is 0 Å². The number of halogens is 1. The Kier molecular flexibility index (Phi) is 5.55. The highest BCUT2D eigenvalue weighted by Crippen LogP contribution is 2.17. The lowest BCUT2D eigenvalue weighted by molar-refractivity contribution is -0.111. The van der Waals surface area contributed by atoms with Crippen molar-refractivity contribution in [1.29, 1.82) is 0 Å². The lowest BCUT2D eigenvalue weighted by atomic mass is 10.1. The number of anilines is 1. The summed E-state index contributed by atoms with van der Waals surface area (Å²) in [5.74, 6) is -0.479. The van der Waals surface area contributed by atoms with Crippen LogP contribution in [-0.4, -0.2) is 11.8 Å². The molecule has 1 atom stereocenters. The van der Waals surface area contributed by atoms with Gasteiger partial charge in [0, 0.05) is 16.3 Å². The maximum Gasteiger partial charge on any atom is 0.251 e. The molecule has 2 aromatic rings. The summed E-state index contributed by atoms with van der Waals surface area (Å²) in [6.07, 6.45) is 1.19. The van der Waals surface area contributed by atoms with Crippen molar-refractivity contribution in [3.8, 4) is 0 Å². The summed E-state index contributed by atoms with van der Waals surface area (Å²) < 4.78 is 0. The largest absolute Gasteiger partial charge is 0.346 e. The van der Waals surface area contributed by atoms with E-state index >= 15 is 0 Å². The molecule has 0 aliphatic rings. The first-order chi connectivity index (χ1) is 11.0. The Bertz CT molecular complexity index is 709. The molecule has 2 N–H and O–H groups in total. The number of amides is 2. The van der Waals surface area contributed by atoms with Crippen LogP contribution >= 0.6 is 11.6 Å². The molecular weight excluding hydrogens is 312 g/mol. The fourth-order valence-electron chi connectivity index (χ4n) is 2.01. The summed E-state index contributed by atoms with van der Waals surface area (Å²) in [6.45, 7) is 5.29. The van der Waals surface area contributed by atoms with Crippen LogP contribution in [0.3, 0.4) is 0 Å². The molecule has 0 aliphatic carbocycles. The van der Waals surface area contributed by atoms with Crippen LogP contribution in [0.5, 0.6) is 0 Å². The SMILES string of the molecule is C=CC(=O)Nc1ccc(C(=O)N[C@@H](C)c2ccc(Cl)cc2)cc1. The van der Waals surface area contributed by atoms with E-state index in [-0.39, 0.29) is 17.9 Å². The Balaban J connectivity index is 2.01. The molecular formula is C18H17ClN2O2. The molecule has 0 aliphatic heterocycles. The third-order valence-electron chi connectivity index (χ3n) is 3.32. The zero-order chi connectivity index (χ0) is 16.8. The average Bonchev–Trinajstić information content (AvgIpc) is 2.55. The number of carbonyl (C=O) groups is 2. The first kappa shape index (κ1) is 16.8. The van der Waals surface area contributed by atoms with Crippen molar-refractivity contribution >= 4 is 29.1 Å². The van der Waals surface area contributed by atoms with Gasteiger partial charge in [-0.05, 0) is 55.0 Å². The smallest absolute Gasteiger partial charge is 0.251 e. The van der Waals surface area contributed by atoms with Crippen LogP contribution < -0.4 is 10.6 Å². The fourth-order valence-corrected chi connectivity index (χ4v) is 2.14. The van der Waals surface area contributed by atoms with Gasteiger partial charge < -0.3 is 10.6 Å². The highest BCUT2D eigenvalue weighted by molar-refractivity contribution is 6.30. The highest BCUT2D eigenvalue weighted by Gasteiger charge is 2.11. The van der Waals surface area contributed by atoms with Crippen LogP contribution in [0, 0.1) is 0 Å². The van der Waals surface area contributed by atoms with Gasteiger partial charge >= 0.3 is 0 Å². The molecule has 0 bridgehead atoms. The number of nitrogens with one attached hydrogen (secondary N) is 2. The predicted octanol–water partition coefficient (Wildman–Crippen LogP) is 3.96. The van der Waals surface area contributed by atoms with Crippen LogP contribution in [0.1, 0.15) is 28.9 Å². The maximum absolute atomic E-state index is 12.2. The van der Waals surface area contributed by atoms with Crippen LogP contribution in [0.15, 0.2) is 61.2 Å². The lowest BCUT2D eigenvalue weighted by Gasteiger charge is -2.14. The van der Waals surface area contributed by atoms with Crippen molar-refractivity contribution in [1.82, 2.24) is 5.32 Å². The maximum atomic E-state index is 12.2. The third kappa shape index (κ3) is 4.69. The summed E-state index contributed by atoms with van der Waals surface area (Å²) in [6, 6.07) is 13.8. The van der Waals surface area contributed by atoms with Gasteiger partial charge in [0.2, 0.25) is 5.91 Å². The van der Waals surface area contributed by atoms with E-state index in [9.17, 15) is 9.59 Å². The Morgan fingerprint density at radius 2 is 1.70 bits per heavy atom. The number of benzene rings is 2. The highest BCUT2D eigenvalue weighted by atomic mass is 35.5. The molecule has 0 unspecified atom stereocenters. The number of hydrogen-bond donors (Lipinski definition) is 2. The van der Waals surface area contributed by atoms with E-state index in [1.807, 2.05) is 19.1 Å². The Morgan fingerprint density at radius 1 is 1.09 bits per heavy atom. The Labute approximate surface area is 140 Å². The molecule has 2 amide bonds. The van der Waals surface area contributed by atoms with Gasteiger partial charge in [-0.2, -0.15) is 0 Å². The Morgan fingerprint density at radius 3 is 2.26 bits per heavy atom. The molecule has 0 aromatic heterocycles. The van der Waals surface area contributed by atoms with Crippen molar-refractivity contribution in [2.45, 2.75) is 13.0 Å². The van der Waals surface area contributed by atoms with E-state index in [2.05, 4.69) is 17.2 Å². The van der Waals surface area contributed by atoms with E-state index in [1.165, 1.54) is 6.08 Å². The van der Waals surface area contributed by atoms with Crippen molar-refractivity contribution in [3.05, 3.63) is 77.3 Å². The molecule has 0 saturated carbocycles. The summed E-state index contributed by atoms with van der Waals surface area (Å²) in [5, 5.41) is 6.20. The predicted molar refractivity (Wildman–Crippen MR) is 92.6 cm³/mol. The molecule has 23 heavy (non-hydrogen) atoms. The topological polar surface area (TPSA) is 58.2 Å². The summed E-state index contributed by atoms with van der Waals surface area (Å²) in [5.41, 5.74) is 2.09. The second-order valence-corrected chi connectivity index (χ2v) is 5.45. The van der Waals surface area contributed by atoms with Crippen molar-refractivity contribution in [2.75, 3.05) is 5.32 Å². The summed E-state index contributed by atoms with van der Waals surface area (Å²) in [7, 11) is 0. The minimum Gasteiger partial charge on any atom is -0.346 e. The number of rotatable bonds is 5. The monoisotopic (exact) mass is 328 g/mol. The van der Waals surface area contributed by atoms with E-state index in [4.69, 9.17) is 11.6 Å². The van der Waals surface area contributed by atoms with E-state index in [0.717, 1.165) is 5.56 Å². The molecule has 0 saturated heterocycles. The second kappa shape index (κ2) is 7.61. The molecule has 5 heteroatoms. The van der Waals surface area contributed by atoms with Gasteiger partial charge in [-0.1, -0.05) is 30.3 Å². The van der Waals surface area contributed by atoms with Crippen LogP contribution in [-0.2, 0) is 4.79 Å². The summed E-state index contributed by atoms with van der Waals surface area (Å²) >= 11 is 5.86. The molecule has 0 radical (unpaired) electrons. The lowest BCUT2D eigenvalue weighted by Crippen LogP contribution is -2.26. The molecule has 0 spiro atoms. The molecule has 0 heterocycles. The zero-order valence-corrected chi connectivity index (χ0v) is 13.4. The Hall–Kier alpha value is -2.59. The van der Waals surface area contributed by atoms with Crippen molar-refractivity contribution < 1.29 is 9.59 Å². The molecule has 0 fully saturated rings. The first-order valence-corrected chi connectivity index (χ1v) is 7.47. The van der Waals surface area contributed by atoms with E-state index in [1.54, 1.807) is 36.4 Å². The van der Waals surface area contributed by atoms with Gasteiger partial charge in [-0.3, -0.25) is 9.59 Å². The quantitative estimate of drug-likeness (QED) is 0.816. The minimum atomic E-state index is -0.293. The fraction of sp³-hybridized carbons (Fsp3) is 0.111.